The Morgan fingerprint density at radius 1 is 0.333 bits per heavy atom. The average molecular weight is 464 g/mol. The fourth-order valence-electron chi connectivity index (χ4n) is 5.41. The topological polar surface area (TPSA) is 0 Å². The maximum absolute atomic E-state index is 4.05. The molecule has 0 aliphatic rings. The molecule has 0 aromatic carbocycles. The maximum atomic E-state index is 4.05. The van der Waals surface area contributed by atoms with Crippen molar-refractivity contribution in [3.05, 3.63) is 6.92 Å². The van der Waals surface area contributed by atoms with Gasteiger partial charge >= 0.3 is 0 Å². The van der Waals surface area contributed by atoms with Gasteiger partial charge in [0.2, 0.25) is 0 Å². The van der Waals surface area contributed by atoms with Crippen LogP contribution in [-0.4, -0.2) is 0 Å². The Balaban J connectivity index is 3.58. The van der Waals surface area contributed by atoms with Gasteiger partial charge in [-0.05, 0) is 5.92 Å². The minimum absolute atomic E-state index is 1.01. The maximum Gasteiger partial charge on any atom is -0.0414 e. The highest BCUT2D eigenvalue weighted by Gasteiger charge is 2.08. The van der Waals surface area contributed by atoms with Crippen LogP contribution in [0.1, 0.15) is 200 Å². The molecule has 0 nitrogen and oxygen atoms in total. The lowest BCUT2D eigenvalue weighted by Gasteiger charge is -2.17. The summed E-state index contributed by atoms with van der Waals surface area (Å²) in [7, 11) is 0. The van der Waals surface area contributed by atoms with Gasteiger partial charge in [-0.3, -0.25) is 0 Å². The van der Waals surface area contributed by atoms with E-state index in [0.717, 1.165) is 12.3 Å². The van der Waals surface area contributed by atoms with E-state index in [1.165, 1.54) is 180 Å². The largest absolute Gasteiger partial charge is 0.0654 e. The second-order valence-corrected chi connectivity index (χ2v) is 11.2. The van der Waals surface area contributed by atoms with Crippen LogP contribution in [0.3, 0.4) is 0 Å². The number of hydrogen-bond donors (Lipinski definition) is 0. The van der Waals surface area contributed by atoms with Crippen molar-refractivity contribution in [2.24, 2.45) is 5.92 Å². The summed E-state index contributed by atoms with van der Waals surface area (Å²) >= 11 is 0. The molecule has 0 heterocycles. The minimum atomic E-state index is 1.01. The second kappa shape index (κ2) is 30.0. The van der Waals surface area contributed by atoms with Crippen LogP contribution in [-0.2, 0) is 0 Å². The minimum Gasteiger partial charge on any atom is -0.0654 e. The fourth-order valence-corrected chi connectivity index (χ4v) is 5.41. The standard InChI is InChI=1S/C33H67/c1-4-7-10-12-14-16-18-20-22-24-26-29-32-33(30-27-9-6-3)31-28-25-23-21-19-17-15-13-11-8-5-2/h33H,3-32H2,1-2H3. The van der Waals surface area contributed by atoms with E-state index in [0.29, 0.717) is 0 Å². The molecule has 1 radical (unpaired) electrons. The quantitative estimate of drug-likeness (QED) is 0.0967. The summed E-state index contributed by atoms with van der Waals surface area (Å²) in [6, 6.07) is 0. The molecule has 33 heavy (non-hydrogen) atoms. The van der Waals surface area contributed by atoms with Gasteiger partial charge in [0.25, 0.3) is 0 Å². The first-order valence-electron chi connectivity index (χ1n) is 16.1. The van der Waals surface area contributed by atoms with Crippen molar-refractivity contribution in [3.8, 4) is 0 Å². The first-order valence-corrected chi connectivity index (χ1v) is 16.1. The van der Waals surface area contributed by atoms with Crippen LogP contribution in [0.15, 0.2) is 0 Å². The molecule has 0 rings (SSSR count). The van der Waals surface area contributed by atoms with E-state index < -0.39 is 0 Å². The molecule has 0 spiro atoms. The van der Waals surface area contributed by atoms with Crippen molar-refractivity contribution in [2.75, 3.05) is 0 Å². The lowest BCUT2D eigenvalue weighted by molar-refractivity contribution is 0.368. The van der Waals surface area contributed by atoms with Gasteiger partial charge < -0.3 is 0 Å². The zero-order chi connectivity index (χ0) is 24.1. The van der Waals surface area contributed by atoms with Crippen LogP contribution in [0.4, 0.5) is 0 Å². The summed E-state index contributed by atoms with van der Waals surface area (Å²) in [6.45, 7) is 8.67. The van der Waals surface area contributed by atoms with Crippen molar-refractivity contribution >= 4 is 0 Å². The van der Waals surface area contributed by atoms with Crippen LogP contribution in [0.25, 0.3) is 0 Å². The Hall–Kier alpha value is 0. The third-order valence-electron chi connectivity index (χ3n) is 7.79. The molecule has 0 aliphatic carbocycles. The molecule has 0 aliphatic heterocycles. The zero-order valence-corrected chi connectivity index (χ0v) is 23.8. The van der Waals surface area contributed by atoms with Crippen molar-refractivity contribution in [3.63, 3.8) is 0 Å². The lowest BCUT2D eigenvalue weighted by Crippen LogP contribution is -2.01. The molecule has 0 fully saturated rings. The Labute approximate surface area is 212 Å². The van der Waals surface area contributed by atoms with E-state index in [4.69, 9.17) is 0 Å². The Bertz CT molecular complexity index is 320. The molecule has 0 saturated heterocycles. The predicted octanol–water partition coefficient (Wildman–Crippen LogP) is 12.8. The zero-order valence-electron chi connectivity index (χ0n) is 23.8. The predicted molar refractivity (Wildman–Crippen MR) is 154 cm³/mol. The molecular formula is C33H67. The fraction of sp³-hybridized carbons (Fsp3) is 0.970. The van der Waals surface area contributed by atoms with Gasteiger partial charge in [0.05, 0.1) is 0 Å². The molecule has 0 bridgehead atoms. The highest BCUT2D eigenvalue weighted by atomic mass is 14.1. The summed E-state index contributed by atoms with van der Waals surface area (Å²) in [5.74, 6) is 1.01. The summed E-state index contributed by atoms with van der Waals surface area (Å²) in [5.41, 5.74) is 0. The van der Waals surface area contributed by atoms with Crippen molar-refractivity contribution in [1.82, 2.24) is 0 Å². The summed E-state index contributed by atoms with van der Waals surface area (Å²) in [4.78, 5) is 0. The van der Waals surface area contributed by atoms with Crippen molar-refractivity contribution < 1.29 is 0 Å². The summed E-state index contributed by atoms with van der Waals surface area (Å²) in [5, 5.41) is 0. The van der Waals surface area contributed by atoms with Gasteiger partial charge in [-0.25, -0.2) is 0 Å². The van der Waals surface area contributed by atoms with Crippen LogP contribution in [0.2, 0.25) is 0 Å². The second-order valence-electron chi connectivity index (χ2n) is 11.2. The first-order chi connectivity index (χ1) is 16.3. The molecule has 0 N–H and O–H groups in total. The highest BCUT2D eigenvalue weighted by molar-refractivity contribution is 4.62. The molecule has 1 unspecified atom stereocenters. The molecule has 0 aromatic rings. The normalized spacial score (nSPS) is 12.5. The molecule has 0 saturated carbocycles. The van der Waals surface area contributed by atoms with Gasteiger partial charge in [-0.2, -0.15) is 0 Å². The van der Waals surface area contributed by atoms with Crippen LogP contribution >= 0.6 is 0 Å². The number of rotatable bonds is 29. The van der Waals surface area contributed by atoms with E-state index in [9.17, 15) is 0 Å². The van der Waals surface area contributed by atoms with Gasteiger partial charge in [0.15, 0.2) is 0 Å². The third kappa shape index (κ3) is 28.1. The SMILES string of the molecule is [CH2]CCCCC(CCCCCCCCCCCCC)CCCCCCCCCCCCCC. The lowest BCUT2D eigenvalue weighted by atomic mass is 9.89. The molecule has 1 atom stereocenters. The smallest absolute Gasteiger partial charge is 0.0414 e. The van der Waals surface area contributed by atoms with E-state index in [2.05, 4.69) is 20.8 Å². The Morgan fingerprint density at radius 2 is 0.576 bits per heavy atom. The molecule has 0 heteroatoms. The Morgan fingerprint density at radius 3 is 0.848 bits per heavy atom. The van der Waals surface area contributed by atoms with Crippen molar-refractivity contribution in [1.29, 1.82) is 0 Å². The van der Waals surface area contributed by atoms with Crippen LogP contribution in [0, 0.1) is 12.8 Å². The van der Waals surface area contributed by atoms with Gasteiger partial charge in [-0.1, -0.05) is 207 Å². The van der Waals surface area contributed by atoms with Crippen LogP contribution in [0.5, 0.6) is 0 Å². The van der Waals surface area contributed by atoms with E-state index in [1.54, 1.807) is 0 Å². The molecule has 199 valence electrons. The first kappa shape index (κ1) is 33.0. The van der Waals surface area contributed by atoms with Gasteiger partial charge in [0, 0.05) is 0 Å². The summed E-state index contributed by atoms with van der Waals surface area (Å²) < 4.78 is 0. The molecule has 0 aromatic heterocycles. The highest BCUT2D eigenvalue weighted by Crippen LogP contribution is 2.24. The molecular weight excluding hydrogens is 396 g/mol. The third-order valence-corrected chi connectivity index (χ3v) is 7.79. The summed E-state index contributed by atoms with van der Waals surface area (Å²) in [6.07, 6.45) is 42.2. The number of unbranched alkanes of at least 4 members (excludes halogenated alkanes) is 23. The number of hydrogen-bond acceptors (Lipinski definition) is 0. The van der Waals surface area contributed by atoms with Gasteiger partial charge in [0.1, 0.15) is 0 Å². The Kier molecular flexibility index (Phi) is 30.0. The van der Waals surface area contributed by atoms with E-state index in [-0.39, 0.29) is 0 Å². The van der Waals surface area contributed by atoms with Gasteiger partial charge in [-0.15, -0.1) is 0 Å². The van der Waals surface area contributed by atoms with Crippen molar-refractivity contribution in [2.45, 2.75) is 200 Å². The van der Waals surface area contributed by atoms with E-state index >= 15 is 0 Å². The van der Waals surface area contributed by atoms with E-state index in [1.807, 2.05) is 0 Å². The van der Waals surface area contributed by atoms with Crippen LogP contribution < -0.4 is 0 Å². The molecule has 0 amide bonds. The monoisotopic (exact) mass is 464 g/mol. The average Bonchev–Trinajstić information content (AvgIpc) is 2.82.